The topological polar surface area (TPSA) is 94.1 Å². The molecule has 1 saturated heterocycles. The summed E-state index contributed by atoms with van der Waals surface area (Å²) in [5, 5.41) is 5.82. The summed E-state index contributed by atoms with van der Waals surface area (Å²) in [5.74, 6) is 1.15. The van der Waals surface area contributed by atoms with Gasteiger partial charge < -0.3 is 9.09 Å². The highest BCUT2D eigenvalue weighted by Crippen LogP contribution is 2.36. The minimum Gasteiger partial charge on any atom is -0.360 e. The van der Waals surface area contributed by atoms with Crippen molar-refractivity contribution in [3.63, 3.8) is 0 Å². The van der Waals surface area contributed by atoms with E-state index in [4.69, 9.17) is 9.51 Å². The molecule has 0 N–H and O–H groups in total. The summed E-state index contributed by atoms with van der Waals surface area (Å²) >= 11 is 1.61. The van der Waals surface area contributed by atoms with Crippen molar-refractivity contribution >= 4 is 32.5 Å². The molecular weight excluding hydrogens is 410 g/mol. The summed E-state index contributed by atoms with van der Waals surface area (Å²) in [6.45, 7) is 4.06. The summed E-state index contributed by atoms with van der Waals surface area (Å²) < 4.78 is 35.1. The van der Waals surface area contributed by atoms with Crippen LogP contribution in [0.2, 0.25) is 0 Å². The monoisotopic (exact) mass is 429 g/mol. The minimum atomic E-state index is -3.68. The van der Waals surface area contributed by atoms with Gasteiger partial charge in [-0.3, -0.25) is 0 Å². The zero-order valence-electron chi connectivity index (χ0n) is 15.9. The Hall–Kier alpha value is -2.56. The lowest BCUT2D eigenvalue weighted by Crippen LogP contribution is -2.30. The molecule has 150 valence electrons. The third-order valence-corrected chi connectivity index (χ3v) is 8.22. The zero-order valence-corrected chi connectivity index (χ0v) is 17.6. The molecule has 4 aromatic heterocycles. The molecule has 10 heteroatoms. The molecule has 0 bridgehead atoms. The number of sulfonamides is 1. The van der Waals surface area contributed by atoms with Gasteiger partial charge in [0.2, 0.25) is 10.0 Å². The average molecular weight is 430 g/mol. The smallest absolute Gasteiger partial charge is 0.248 e. The van der Waals surface area contributed by atoms with Crippen molar-refractivity contribution in [2.24, 2.45) is 0 Å². The first-order valence-electron chi connectivity index (χ1n) is 9.26. The van der Waals surface area contributed by atoms with Gasteiger partial charge >= 0.3 is 0 Å². The lowest BCUT2D eigenvalue weighted by Gasteiger charge is -2.18. The van der Waals surface area contributed by atoms with Gasteiger partial charge in [0.15, 0.2) is 17.2 Å². The first-order chi connectivity index (χ1) is 14.0. The Morgan fingerprint density at radius 2 is 2.10 bits per heavy atom. The maximum absolute atomic E-state index is 13.2. The number of thiophene rings is 1. The Labute approximate surface area is 171 Å². The van der Waals surface area contributed by atoms with Crippen LogP contribution in [-0.2, 0) is 10.0 Å². The molecule has 5 rings (SSSR count). The van der Waals surface area contributed by atoms with Crippen molar-refractivity contribution in [3.8, 4) is 10.7 Å². The molecule has 1 aliphatic heterocycles. The van der Waals surface area contributed by atoms with Crippen molar-refractivity contribution in [1.82, 2.24) is 24.0 Å². The summed E-state index contributed by atoms with van der Waals surface area (Å²) in [6.07, 6.45) is 2.43. The maximum Gasteiger partial charge on any atom is 0.248 e. The Balaban J connectivity index is 1.56. The second-order valence-electron chi connectivity index (χ2n) is 7.09. The molecule has 4 aromatic rings. The minimum absolute atomic E-state index is 0.0535. The second kappa shape index (κ2) is 6.75. The average Bonchev–Trinajstić information content (AvgIpc) is 3.47. The van der Waals surface area contributed by atoms with E-state index in [-0.39, 0.29) is 10.9 Å². The largest absolute Gasteiger partial charge is 0.360 e. The van der Waals surface area contributed by atoms with Crippen LogP contribution in [0, 0.1) is 13.8 Å². The maximum atomic E-state index is 13.2. The highest BCUT2D eigenvalue weighted by molar-refractivity contribution is 7.89. The Kier molecular flexibility index (Phi) is 4.30. The molecular formula is C19H19N5O3S2. The molecule has 29 heavy (non-hydrogen) atoms. The number of pyridine rings is 1. The number of hydrogen-bond acceptors (Lipinski definition) is 7. The Bertz CT molecular complexity index is 1270. The standard InChI is InChI=1S/C19H19N5O3S2/c1-12-17(13(2)27-22-12)29(25,26)23-9-7-14(11-23)24-18-15(5-3-8-20-18)21-19(24)16-6-4-10-28-16/h3-6,8,10,14H,7,9,11H2,1-2H3/t14-/m1/s1. The summed E-state index contributed by atoms with van der Waals surface area (Å²) in [5.41, 5.74) is 1.97. The molecule has 1 atom stereocenters. The number of aromatic nitrogens is 4. The van der Waals surface area contributed by atoms with Crippen LogP contribution in [-0.4, -0.2) is 45.5 Å². The van der Waals surface area contributed by atoms with E-state index in [0.29, 0.717) is 31.0 Å². The second-order valence-corrected chi connectivity index (χ2v) is 9.91. The fourth-order valence-corrected chi connectivity index (χ4v) is 6.46. The Morgan fingerprint density at radius 3 is 2.83 bits per heavy atom. The van der Waals surface area contributed by atoms with Gasteiger partial charge in [0.1, 0.15) is 16.1 Å². The van der Waals surface area contributed by atoms with Crippen molar-refractivity contribution in [2.75, 3.05) is 13.1 Å². The molecule has 0 spiro atoms. The summed E-state index contributed by atoms with van der Waals surface area (Å²) in [4.78, 5) is 10.5. The van der Waals surface area contributed by atoms with Crippen molar-refractivity contribution in [1.29, 1.82) is 0 Å². The van der Waals surface area contributed by atoms with E-state index >= 15 is 0 Å². The lowest BCUT2D eigenvalue weighted by molar-refractivity contribution is 0.389. The van der Waals surface area contributed by atoms with E-state index in [0.717, 1.165) is 21.9 Å². The molecule has 0 aliphatic carbocycles. The fourth-order valence-electron chi connectivity index (χ4n) is 3.97. The fraction of sp³-hybridized carbons (Fsp3) is 0.316. The third-order valence-electron chi connectivity index (χ3n) is 5.25. The van der Waals surface area contributed by atoms with E-state index in [1.54, 1.807) is 31.4 Å². The number of imidazole rings is 1. The predicted molar refractivity (Wildman–Crippen MR) is 109 cm³/mol. The molecule has 0 aromatic carbocycles. The van der Waals surface area contributed by atoms with Gasteiger partial charge in [-0.05, 0) is 43.8 Å². The van der Waals surface area contributed by atoms with Gasteiger partial charge in [0.25, 0.3) is 0 Å². The first-order valence-corrected chi connectivity index (χ1v) is 11.6. The zero-order chi connectivity index (χ0) is 20.2. The summed E-state index contributed by atoms with van der Waals surface area (Å²) in [6, 6.07) is 7.75. The number of nitrogens with zero attached hydrogens (tertiary/aromatic N) is 5. The van der Waals surface area contributed by atoms with Gasteiger partial charge in [0, 0.05) is 19.3 Å². The molecule has 1 aliphatic rings. The van der Waals surface area contributed by atoms with Gasteiger partial charge in [-0.25, -0.2) is 18.4 Å². The summed E-state index contributed by atoms with van der Waals surface area (Å²) in [7, 11) is -3.68. The van der Waals surface area contributed by atoms with E-state index in [9.17, 15) is 8.42 Å². The molecule has 1 fully saturated rings. The molecule has 0 saturated carbocycles. The predicted octanol–water partition coefficient (Wildman–Crippen LogP) is 3.40. The van der Waals surface area contributed by atoms with Gasteiger partial charge in [-0.15, -0.1) is 11.3 Å². The van der Waals surface area contributed by atoms with Crippen molar-refractivity contribution < 1.29 is 12.9 Å². The van der Waals surface area contributed by atoms with Crippen LogP contribution in [0.25, 0.3) is 21.9 Å². The molecule has 0 amide bonds. The van der Waals surface area contributed by atoms with Gasteiger partial charge in [-0.1, -0.05) is 11.2 Å². The normalized spacial score (nSPS) is 18.1. The van der Waals surface area contributed by atoms with Gasteiger partial charge in [-0.2, -0.15) is 4.31 Å². The van der Waals surface area contributed by atoms with Crippen molar-refractivity contribution in [3.05, 3.63) is 47.3 Å². The Morgan fingerprint density at radius 1 is 1.24 bits per heavy atom. The highest BCUT2D eigenvalue weighted by atomic mass is 32.2. The molecule has 0 radical (unpaired) electrons. The van der Waals surface area contributed by atoms with Gasteiger partial charge in [0.05, 0.1) is 10.9 Å². The highest BCUT2D eigenvalue weighted by Gasteiger charge is 2.38. The lowest BCUT2D eigenvalue weighted by atomic mass is 10.2. The van der Waals surface area contributed by atoms with Crippen LogP contribution < -0.4 is 0 Å². The van der Waals surface area contributed by atoms with Crippen LogP contribution >= 0.6 is 11.3 Å². The molecule has 0 unspecified atom stereocenters. The third kappa shape index (κ3) is 2.90. The van der Waals surface area contributed by atoms with Crippen LogP contribution in [0.3, 0.4) is 0 Å². The number of hydrogen-bond donors (Lipinski definition) is 0. The van der Waals surface area contributed by atoms with E-state index in [1.807, 2.05) is 29.6 Å². The van der Waals surface area contributed by atoms with Crippen LogP contribution in [0.1, 0.15) is 23.9 Å². The SMILES string of the molecule is Cc1noc(C)c1S(=O)(=O)N1CC[C@@H](n2c(-c3cccs3)nc3cccnc32)C1. The first kappa shape index (κ1) is 18.5. The van der Waals surface area contributed by atoms with Crippen LogP contribution in [0.15, 0.2) is 45.3 Å². The number of aryl methyl sites for hydroxylation is 2. The van der Waals surface area contributed by atoms with Crippen LogP contribution in [0.4, 0.5) is 0 Å². The van der Waals surface area contributed by atoms with E-state index < -0.39 is 10.0 Å². The molecule has 8 nitrogen and oxygen atoms in total. The van der Waals surface area contributed by atoms with E-state index in [2.05, 4.69) is 14.7 Å². The quantitative estimate of drug-likeness (QED) is 0.493. The van der Waals surface area contributed by atoms with Crippen molar-refractivity contribution in [2.45, 2.75) is 31.2 Å². The number of rotatable bonds is 4. The number of fused-ring (bicyclic) bond motifs is 1. The molecule has 5 heterocycles. The van der Waals surface area contributed by atoms with E-state index in [1.165, 1.54) is 4.31 Å². The van der Waals surface area contributed by atoms with Crippen LogP contribution in [0.5, 0.6) is 0 Å².